The number of carbonyl (C=O) groups is 3. The van der Waals surface area contributed by atoms with Gasteiger partial charge in [0, 0.05) is 18.4 Å². The van der Waals surface area contributed by atoms with Crippen LogP contribution in [0.5, 0.6) is 5.75 Å². The van der Waals surface area contributed by atoms with E-state index in [1.807, 2.05) is 6.07 Å². The van der Waals surface area contributed by atoms with Crippen molar-refractivity contribution in [2.45, 2.75) is 6.41 Å². The van der Waals surface area contributed by atoms with E-state index < -0.39 is 23.9 Å². The molecule has 2 aromatic rings. The number of esters is 1. The zero-order valence-electron chi connectivity index (χ0n) is 16.6. The molecule has 0 bridgehead atoms. The fourth-order valence-electron chi connectivity index (χ4n) is 2.71. The first-order chi connectivity index (χ1) is 15.0. The summed E-state index contributed by atoms with van der Waals surface area (Å²) in [6.07, 6.45) is 0.0420. The van der Waals surface area contributed by atoms with Gasteiger partial charge >= 0.3 is 5.97 Å². The first-order valence-corrected chi connectivity index (χ1v) is 10.3. The summed E-state index contributed by atoms with van der Waals surface area (Å²) in [4.78, 5) is 36.8. The Kier molecular flexibility index (Phi) is 7.95. The minimum Gasteiger partial charge on any atom is -0.464 e. The van der Waals surface area contributed by atoms with Gasteiger partial charge in [-0.3, -0.25) is 20.0 Å². The van der Waals surface area contributed by atoms with E-state index in [1.54, 1.807) is 24.3 Å². The molecular formula is C20H21N3O7S. The predicted molar refractivity (Wildman–Crippen MR) is 111 cm³/mol. The minimum absolute atomic E-state index is 0.0700. The van der Waals surface area contributed by atoms with Crippen LogP contribution in [-0.2, 0) is 9.47 Å². The maximum atomic E-state index is 12.7. The number of benzene rings is 1. The zero-order chi connectivity index (χ0) is 22.2. The Morgan fingerprint density at radius 1 is 1.26 bits per heavy atom. The van der Waals surface area contributed by atoms with Gasteiger partial charge in [0.1, 0.15) is 11.4 Å². The van der Waals surface area contributed by atoms with E-state index in [9.17, 15) is 19.5 Å². The summed E-state index contributed by atoms with van der Waals surface area (Å²) in [5.41, 5.74) is -0.298. The van der Waals surface area contributed by atoms with Crippen LogP contribution in [0.3, 0.4) is 0 Å². The molecule has 0 fully saturated rings. The van der Waals surface area contributed by atoms with E-state index >= 15 is 0 Å². The van der Waals surface area contributed by atoms with Crippen LogP contribution in [0.4, 0.5) is 0 Å². The van der Waals surface area contributed by atoms with Gasteiger partial charge in [0.15, 0.2) is 5.69 Å². The number of nitrogens with zero attached hydrogens (tertiary/aromatic N) is 1. The molecule has 0 spiro atoms. The van der Waals surface area contributed by atoms with E-state index in [-0.39, 0.29) is 21.9 Å². The Labute approximate surface area is 181 Å². The molecule has 1 unspecified atom stereocenters. The summed E-state index contributed by atoms with van der Waals surface area (Å²) in [5, 5.41) is 18.7. The van der Waals surface area contributed by atoms with Crippen molar-refractivity contribution in [2.75, 3.05) is 32.6 Å². The highest BCUT2D eigenvalue weighted by molar-refractivity contribution is 8.04. The summed E-state index contributed by atoms with van der Waals surface area (Å²) < 4.78 is 15.3. The van der Waals surface area contributed by atoms with Crippen LogP contribution in [0.25, 0.3) is 0 Å². The fraction of sp³-hybridized carbons (Fsp3) is 0.300. The van der Waals surface area contributed by atoms with Gasteiger partial charge < -0.3 is 19.3 Å². The quantitative estimate of drug-likeness (QED) is 0.261. The average Bonchev–Trinajstić information content (AvgIpc) is 3.22. The minimum atomic E-state index is -1.16. The van der Waals surface area contributed by atoms with Gasteiger partial charge in [-0.15, -0.1) is 11.8 Å². The maximum Gasteiger partial charge on any atom is 0.356 e. The first kappa shape index (κ1) is 22.7. The number of fused-ring (bicyclic) bond motifs is 1. The van der Waals surface area contributed by atoms with Crippen LogP contribution in [0.15, 0.2) is 41.3 Å². The number of thioether (sulfide) groups is 1. The van der Waals surface area contributed by atoms with E-state index in [2.05, 4.69) is 20.3 Å². The Balaban J connectivity index is 1.38. The Hall–Kier alpha value is -2.99. The van der Waals surface area contributed by atoms with Crippen LogP contribution in [-0.4, -0.2) is 71.9 Å². The molecule has 3 rings (SSSR count). The van der Waals surface area contributed by atoms with Crippen LogP contribution in [0.2, 0.25) is 0 Å². The van der Waals surface area contributed by atoms with Gasteiger partial charge in [-0.05, 0) is 12.1 Å². The number of aliphatic hydroxyl groups is 1. The average molecular weight is 447 g/mol. The number of aromatic amines is 1. The van der Waals surface area contributed by atoms with Crippen molar-refractivity contribution in [1.29, 1.82) is 0 Å². The summed E-state index contributed by atoms with van der Waals surface area (Å²) in [6.45, 7) is 0.961. The molecule has 1 atom stereocenters. The van der Waals surface area contributed by atoms with Crippen molar-refractivity contribution in [3.63, 3.8) is 0 Å². The standard InChI is InChI=1S/C20H21N3O7S/c1-28-19(26)17-15-16(22-23-17)13(24)11-14(18(15)25)31-10-9-29-8-7-21-20(27)30-12-5-3-2-4-6-12/h2-6,11,20-21,27H,7-10H2,1H3,(H,22,23). The second-order valence-corrected chi connectivity index (χ2v) is 7.35. The molecular weight excluding hydrogens is 426 g/mol. The van der Waals surface area contributed by atoms with Crippen LogP contribution < -0.4 is 10.1 Å². The third-order valence-corrected chi connectivity index (χ3v) is 5.13. The highest BCUT2D eigenvalue weighted by Gasteiger charge is 2.34. The monoisotopic (exact) mass is 447 g/mol. The molecule has 1 aliphatic rings. The molecule has 1 heterocycles. The van der Waals surface area contributed by atoms with Gasteiger partial charge in [-0.1, -0.05) is 18.2 Å². The number of para-hydroxylation sites is 1. The summed E-state index contributed by atoms with van der Waals surface area (Å²) >= 11 is 1.15. The lowest BCUT2D eigenvalue weighted by Crippen LogP contribution is -2.36. The van der Waals surface area contributed by atoms with E-state index in [1.165, 1.54) is 13.2 Å². The molecule has 1 aliphatic carbocycles. The van der Waals surface area contributed by atoms with Crippen molar-refractivity contribution in [3.05, 3.63) is 58.3 Å². The van der Waals surface area contributed by atoms with Crippen LogP contribution >= 0.6 is 11.8 Å². The van der Waals surface area contributed by atoms with Gasteiger partial charge in [-0.2, -0.15) is 5.10 Å². The van der Waals surface area contributed by atoms with E-state index in [4.69, 9.17) is 9.47 Å². The Morgan fingerprint density at radius 2 is 2.03 bits per heavy atom. The van der Waals surface area contributed by atoms with Gasteiger partial charge in [0.05, 0.1) is 30.8 Å². The number of aromatic nitrogens is 2. The third-order valence-electron chi connectivity index (χ3n) is 4.14. The molecule has 164 valence electrons. The number of ether oxygens (including phenoxy) is 3. The smallest absolute Gasteiger partial charge is 0.356 e. The third kappa shape index (κ3) is 5.79. The second kappa shape index (κ2) is 10.9. The van der Waals surface area contributed by atoms with Gasteiger partial charge in [0.25, 0.3) is 6.41 Å². The highest BCUT2D eigenvalue weighted by atomic mass is 32.2. The lowest BCUT2D eigenvalue weighted by atomic mass is 9.99. The van der Waals surface area contributed by atoms with Gasteiger partial charge in [-0.25, -0.2) is 4.79 Å². The van der Waals surface area contributed by atoms with Crippen molar-refractivity contribution in [1.82, 2.24) is 15.5 Å². The highest BCUT2D eigenvalue weighted by Crippen LogP contribution is 2.29. The van der Waals surface area contributed by atoms with Crippen molar-refractivity contribution >= 4 is 29.3 Å². The fourth-order valence-corrected chi connectivity index (χ4v) is 3.56. The summed E-state index contributed by atoms with van der Waals surface area (Å²) in [7, 11) is 1.18. The lowest BCUT2D eigenvalue weighted by Gasteiger charge is -2.15. The number of hydrogen-bond acceptors (Lipinski definition) is 10. The lowest BCUT2D eigenvalue weighted by molar-refractivity contribution is -0.0475. The number of aliphatic hydroxyl groups excluding tert-OH is 1. The van der Waals surface area contributed by atoms with Crippen LogP contribution in [0, 0.1) is 0 Å². The van der Waals surface area contributed by atoms with Crippen molar-refractivity contribution < 1.29 is 33.7 Å². The number of ketones is 2. The van der Waals surface area contributed by atoms with E-state index in [0.29, 0.717) is 31.3 Å². The Bertz CT molecular complexity index is 974. The summed E-state index contributed by atoms with van der Waals surface area (Å²) in [6, 6.07) is 8.90. The molecule has 3 N–H and O–H groups in total. The molecule has 0 amide bonds. The molecule has 1 aromatic heterocycles. The topological polar surface area (TPSA) is 140 Å². The molecule has 11 heteroatoms. The number of allylic oxidation sites excluding steroid dienone is 2. The Morgan fingerprint density at radius 3 is 2.77 bits per heavy atom. The number of Topliss-reactive ketones (excluding diaryl/α,β-unsaturated/α-hetero) is 1. The van der Waals surface area contributed by atoms with E-state index in [0.717, 1.165) is 11.8 Å². The molecule has 31 heavy (non-hydrogen) atoms. The molecule has 0 aliphatic heterocycles. The normalized spacial score (nSPS) is 14.1. The number of methoxy groups -OCH3 is 1. The molecule has 10 nitrogen and oxygen atoms in total. The van der Waals surface area contributed by atoms with Crippen molar-refractivity contribution in [3.8, 4) is 5.75 Å². The molecule has 0 saturated heterocycles. The number of carbonyl (C=O) groups excluding carboxylic acids is 3. The van der Waals surface area contributed by atoms with Crippen LogP contribution in [0.1, 0.15) is 31.3 Å². The number of nitrogens with one attached hydrogen (secondary N) is 2. The largest absolute Gasteiger partial charge is 0.464 e. The maximum absolute atomic E-state index is 12.7. The first-order valence-electron chi connectivity index (χ1n) is 9.32. The number of rotatable bonds is 11. The predicted octanol–water partition coefficient (Wildman–Crippen LogP) is 1.15. The van der Waals surface area contributed by atoms with Gasteiger partial charge in [0.2, 0.25) is 11.6 Å². The SMILES string of the molecule is COC(=O)c1[nH]nc2c1C(=O)C(SCCOCCNC(O)Oc1ccccc1)=CC2=O. The number of hydrogen-bond donors (Lipinski definition) is 3. The zero-order valence-corrected chi connectivity index (χ0v) is 17.4. The molecule has 0 radical (unpaired) electrons. The molecule has 1 aromatic carbocycles. The van der Waals surface area contributed by atoms with Crippen molar-refractivity contribution in [2.24, 2.45) is 0 Å². The summed E-state index contributed by atoms with van der Waals surface area (Å²) in [5.74, 6) is -0.738. The second-order valence-electron chi connectivity index (χ2n) is 6.21. The number of H-pyrrole nitrogens is 1. The molecule has 0 saturated carbocycles.